The molecule has 0 unspecified atom stereocenters. The van der Waals surface area contributed by atoms with Crippen molar-refractivity contribution in [2.75, 3.05) is 13.2 Å². The maximum atomic E-state index is 13.5. The Balaban J connectivity index is 2.17. The quantitative estimate of drug-likeness (QED) is 0.827. The van der Waals surface area contributed by atoms with E-state index in [9.17, 15) is 13.6 Å². The number of aliphatic hydroxyl groups excluding tert-OH is 1. The molecule has 0 aliphatic carbocycles. The Hall–Kier alpha value is -2.41. The van der Waals surface area contributed by atoms with Crippen molar-refractivity contribution in [1.29, 1.82) is 0 Å². The van der Waals surface area contributed by atoms with Gasteiger partial charge in [-0.3, -0.25) is 4.79 Å². The molecule has 0 saturated carbocycles. The Labute approximate surface area is 126 Å². The fraction of sp³-hybridized carbons (Fsp3) is 0.267. The predicted octanol–water partition coefficient (Wildman–Crippen LogP) is 1.84. The van der Waals surface area contributed by atoms with E-state index in [0.29, 0.717) is 24.1 Å². The molecule has 1 aromatic carbocycles. The van der Waals surface area contributed by atoms with E-state index in [4.69, 9.17) is 5.11 Å². The molecule has 5 nitrogen and oxygen atoms in total. The van der Waals surface area contributed by atoms with Crippen molar-refractivity contribution >= 4 is 5.91 Å². The summed E-state index contributed by atoms with van der Waals surface area (Å²) in [6.45, 7) is 1.64. The molecule has 0 spiro atoms. The van der Waals surface area contributed by atoms with Crippen LogP contribution in [0, 0.1) is 18.6 Å². The molecule has 1 heterocycles. The van der Waals surface area contributed by atoms with Crippen LogP contribution in [-0.2, 0) is 0 Å². The van der Waals surface area contributed by atoms with Gasteiger partial charge in [0.25, 0.3) is 5.91 Å². The van der Waals surface area contributed by atoms with Crippen molar-refractivity contribution < 1.29 is 18.7 Å². The Morgan fingerprint density at radius 2 is 1.77 bits per heavy atom. The lowest BCUT2D eigenvalue weighted by atomic mass is 10.1. The van der Waals surface area contributed by atoms with Gasteiger partial charge in [-0.05, 0) is 31.0 Å². The lowest BCUT2D eigenvalue weighted by Crippen LogP contribution is -2.26. The minimum atomic E-state index is -0.652. The van der Waals surface area contributed by atoms with E-state index < -0.39 is 17.5 Å². The normalized spacial score (nSPS) is 10.5. The van der Waals surface area contributed by atoms with Gasteiger partial charge < -0.3 is 10.4 Å². The van der Waals surface area contributed by atoms with Crippen LogP contribution in [0.5, 0.6) is 0 Å². The summed E-state index contributed by atoms with van der Waals surface area (Å²) in [6, 6.07) is 2.39. The molecule has 0 radical (unpaired) electrons. The third-order valence-electron chi connectivity index (χ3n) is 3.09. The first kappa shape index (κ1) is 16.0. The Morgan fingerprint density at radius 3 is 2.32 bits per heavy atom. The monoisotopic (exact) mass is 307 g/mol. The lowest BCUT2D eigenvalue weighted by molar-refractivity contribution is 0.0940. The van der Waals surface area contributed by atoms with Crippen LogP contribution >= 0.6 is 0 Å². The molecule has 0 fully saturated rings. The van der Waals surface area contributed by atoms with Crippen LogP contribution in [0.1, 0.15) is 22.6 Å². The number of hydrogen-bond donors (Lipinski definition) is 2. The van der Waals surface area contributed by atoms with Crippen molar-refractivity contribution in [3.63, 3.8) is 0 Å². The summed E-state index contributed by atoms with van der Waals surface area (Å²) in [5.41, 5.74) is 0.655. The summed E-state index contributed by atoms with van der Waals surface area (Å²) >= 11 is 0. The number of carbonyl (C=O) groups excluding carboxylic acids is 1. The first-order chi connectivity index (χ1) is 10.5. The number of halogens is 2. The molecule has 1 amide bonds. The molecule has 0 aliphatic rings. The van der Waals surface area contributed by atoms with Gasteiger partial charge >= 0.3 is 0 Å². The molecule has 2 rings (SSSR count). The third kappa shape index (κ3) is 3.62. The third-order valence-corrected chi connectivity index (χ3v) is 3.09. The Morgan fingerprint density at radius 1 is 1.18 bits per heavy atom. The van der Waals surface area contributed by atoms with E-state index in [-0.39, 0.29) is 18.0 Å². The second kappa shape index (κ2) is 7.04. The van der Waals surface area contributed by atoms with Gasteiger partial charge in [0.15, 0.2) is 0 Å². The minimum Gasteiger partial charge on any atom is -0.396 e. The van der Waals surface area contributed by atoms with Crippen LogP contribution in [-0.4, -0.2) is 34.1 Å². The largest absolute Gasteiger partial charge is 0.396 e. The standard InChI is InChI=1S/C15H15F2N3O2/c1-9-12(16)5-10(6-13(9)17)11-7-19-14(20-8-11)15(22)18-3-2-4-21/h5-8,21H,2-4H2,1H3,(H,18,22). The number of nitrogens with zero attached hydrogens (tertiary/aromatic N) is 2. The molecule has 7 heteroatoms. The van der Waals surface area contributed by atoms with E-state index in [0.717, 1.165) is 0 Å². The number of aliphatic hydroxyl groups is 1. The van der Waals surface area contributed by atoms with Gasteiger partial charge in [0.05, 0.1) is 0 Å². The number of rotatable bonds is 5. The number of benzene rings is 1. The maximum absolute atomic E-state index is 13.5. The predicted molar refractivity (Wildman–Crippen MR) is 76.2 cm³/mol. The molecule has 0 bridgehead atoms. The highest BCUT2D eigenvalue weighted by Gasteiger charge is 2.11. The average Bonchev–Trinajstić information content (AvgIpc) is 2.52. The van der Waals surface area contributed by atoms with E-state index in [1.165, 1.54) is 31.5 Å². The summed E-state index contributed by atoms with van der Waals surface area (Å²) in [5, 5.41) is 11.2. The van der Waals surface area contributed by atoms with Gasteiger partial charge in [-0.1, -0.05) is 0 Å². The van der Waals surface area contributed by atoms with Crippen molar-refractivity contribution in [3.05, 3.63) is 47.5 Å². The van der Waals surface area contributed by atoms with Gasteiger partial charge in [0, 0.05) is 36.7 Å². The molecular formula is C15H15F2N3O2. The van der Waals surface area contributed by atoms with Crippen LogP contribution in [0.25, 0.3) is 11.1 Å². The van der Waals surface area contributed by atoms with E-state index in [1.54, 1.807) is 0 Å². The first-order valence-corrected chi connectivity index (χ1v) is 6.70. The van der Waals surface area contributed by atoms with Crippen LogP contribution in [0.15, 0.2) is 24.5 Å². The number of hydrogen-bond acceptors (Lipinski definition) is 4. The number of amides is 1. The summed E-state index contributed by atoms with van der Waals surface area (Å²) in [4.78, 5) is 19.5. The number of carbonyl (C=O) groups is 1. The summed E-state index contributed by atoms with van der Waals surface area (Å²) in [5.74, 6) is -1.82. The summed E-state index contributed by atoms with van der Waals surface area (Å²) in [6.07, 6.45) is 3.10. The fourth-order valence-corrected chi connectivity index (χ4v) is 1.77. The van der Waals surface area contributed by atoms with Gasteiger partial charge in [-0.15, -0.1) is 0 Å². The van der Waals surface area contributed by atoms with Crippen molar-refractivity contribution in [1.82, 2.24) is 15.3 Å². The van der Waals surface area contributed by atoms with Crippen molar-refractivity contribution in [2.24, 2.45) is 0 Å². The Kier molecular flexibility index (Phi) is 5.11. The van der Waals surface area contributed by atoms with Gasteiger partial charge in [-0.25, -0.2) is 18.7 Å². The second-order valence-electron chi connectivity index (χ2n) is 4.69. The highest BCUT2D eigenvalue weighted by atomic mass is 19.1. The number of nitrogens with one attached hydrogen (secondary N) is 1. The van der Waals surface area contributed by atoms with E-state index >= 15 is 0 Å². The van der Waals surface area contributed by atoms with Crippen molar-refractivity contribution in [3.8, 4) is 11.1 Å². The first-order valence-electron chi connectivity index (χ1n) is 6.70. The molecule has 0 atom stereocenters. The molecule has 0 aliphatic heterocycles. The summed E-state index contributed by atoms with van der Waals surface area (Å²) < 4.78 is 27.1. The summed E-state index contributed by atoms with van der Waals surface area (Å²) in [7, 11) is 0. The highest BCUT2D eigenvalue weighted by molar-refractivity contribution is 5.90. The minimum absolute atomic E-state index is 0.0232. The highest BCUT2D eigenvalue weighted by Crippen LogP contribution is 2.22. The second-order valence-corrected chi connectivity index (χ2v) is 4.69. The van der Waals surface area contributed by atoms with Crippen LogP contribution in [0.2, 0.25) is 0 Å². The smallest absolute Gasteiger partial charge is 0.289 e. The zero-order valence-electron chi connectivity index (χ0n) is 11.9. The lowest BCUT2D eigenvalue weighted by Gasteiger charge is -2.06. The zero-order chi connectivity index (χ0) is 16.1. The number of aromatic nitrogens is 2. The van der Waals surface area contributed by atoms with Crippen LogP contribution in [0.4, 0.5) is 8.78 Å². The molecule has 2 N–H and O–H groups in total. The van der Waals surface area contributed by atoms with Gasteiger partial charge in [-0.2, -0.15) is 0 Å². The zero-order valence-corrected chi connectivity index (χ0v) is 11.9. The maximum Gasteiger partial charge on any atom is 0.289 e. The molecule has 2 aromatic rings. The van der Waals surface area contributed by atoms with Gasteiger partial charge in [0.1, 0.15) is 11.6 Å². The molecule has 22 heavy (non-hydrogen) atoms. The van der Waals surface area contributed by atoms with Crippen molar-refractivity contribution in [2.45, 2.75) is 13.3 Å². The topological polar surface area (TPSA) is 75.1 Å². The van der Waals surface area contributed by atoms with Crippen LogP contribution in [0.3, 0.4) is 0 Å². The van der Waals surface area contributed by atoms with Gasteiger partial charge in [0.2, 0.25) is 5.82 Å². The molecule has 1 aromatic heterocycles. The van der Waals surface area contributed by atoms with Crippen LogP contribution < -0.4 is 5.32 Å². The van der Waals surface area contributed by atoms with E-state index in [2.05, 4.69) is 15.3 Å². The molecular weight excluding hydrogens is 292 g/mol. The molecule has 0 saturated heterocycles. The molecule has 116 valence electrons. The van der Waals surface area contributed by atoms with E-state index in [1.807, 2.05) is 0 Å². The average molecular weight is 307 g/mol. The fourth-order valence-electron chi connectivity index (χ4n) is 1.77. The SMILES string of the molecule is Cc1c(F)cc(-c2cnc(C(=O)NCCCO)nc2)cc1F. The Bertz CT molecular complexity index is 652.